The molecule has 0 N–H and O–H groups in total. The number of hydrogen-bond donors (Lipinski definition) is 0. The van der Waals surface area contributed by atoms with Crippen LogP contribution in [0.2, 0.25) is 0 Å². The van der Waals surface area contributed by atoms with Gasteiger partial charge >= 0.3 is 11.9 Å². The van der Waals surface area contributed by atoms with Gasteiger partial charge in [0.25, 0.3) is 0 Å². The number of thioether (sulfide) groups is 1. The Kier molecular flexibility index (Phi) is 6.10. The highest BCUT2D eigenvalue weighted by Gasteiger charge is 2.57. The van der Waals surface area contributed by atoms with Crippen molar-refractivity contribution in [2.75, 3.05) is 6.61 Å². The van der Waals surface area contributed by atoms with Crippen LogP contribution in [0.5, 0.6) is 0 Å². The summed E-state index contributed by atoms with van der Waals surface area (Å²) in [4.78, 5) is 23.9. The molecule has 5 atom stereocenters. The van der Waals surface area contributed by atoms with Gasteiger partial charge in [-0.05, 0) is 26.0 Å². The molecule has 7 nitrogen and oxygen atoms in total. The van der Waals surface area contributed by atoms with Crippen LogP contribution in [0.25, 0.3) is 0 Å². The van der Waals surface area contributed by atoms with Crippen molar-refractivity contribution in [2.24, 2.45) is 0 Å². The van der Waals surface area contributed by atoms with E-state index in [0.29, 0.717) is 0 Å². The van der Waals surface area contributed by atoms with E-state index in [0.717, 1.165) is 4.90 Å². The summed E-state index contributed by atoms with van der Waals surface area (Å²) < 4.78 is 28.9. The lowest BCUT2D eigenvalue weighted by atomic mass is 10.00. The second-order valence-electron chi connectivity index (χ2n) is 6.92. The number of fused-ring (bicyclic) bond motifs is 1. The summed E-state index contributed by atoms with van der Waals surface area (Å²) in [5.41, 5.74) is -0.411. The zero-order valence-electron chi connectivity index (χ0n) is 15.7. The van der Waals surface area contributed by atoms with Crippen LogP contribution in [0.4, 0.5) is 0 Å². The Morgan fingerprint density at radius 3 is 2.37 bits per heavy atom. The fourth-order valence-electron chi connectivity index (χ4n) is 3.22. The van der Waals surface area contributed by atoms with Crippen LogP contribution < -0.4 is 0 Å². The van der Waals surface area contributed by atoms with Gasteiger partial charge in [-0.1, -0.05) is 30.0 Å². The summed E-state index contributed by atoms with van der Waals surface area (Å²) in [6.07, 6.45) is -2.36. The number of rotatable bonds is 5. The predicted octanol–water partition coefficient (Wildman–Crippen LogP) is 2.52. The van der Waals surface area contributed by atoms with E-state index in [1.54, 1.807) is 0 Å². The predicted molar refractivity (Wildman–Crippen MR) is 97.0 cm³/mol. The van der Waals surface area contributed by atoms with Gasteiger partial charge in [0.15, 0.2) is 11.9 Å². The van der Waals surface area contributed by atoms with Crippen LogP contribution in [-0.4, -0.2) is 54.2 Å². The molecule has 2 aliphatic heterocycles. The number of carbonyl (C=O) groups excluding carboxylic acids is 2. The molecule has 2 fully saturated rings. The van der Waals surface area contributed by atoms with Crippen molar-refractivity contribution in [1.82, 2.24) is 0 Å². The Balaban J connectivity index is 1.86. The van der Waals surface area contributed by atoms with Gasteiger partial charge in [0.05, 0.1) is 0 Å². The van der Waals surface area contributed by atoms with Gasteiger partial charge < -0.3 is 23.7 Å². The molecule has 1 aromatic rings. The summed E-state index contributed by atoms with van der Waals surface area (Å²) in [5, 5.41) is 0. The minimum absolute atomic E-state index is 0.0356. The average molecular weight is 396 g/mol. The van der Waals surface area contributed by atoms with Gasteiger partial charge in [0, 0.05) is 18.7 Å². The molecule has 0 radical (unpaired) electrons. The van der Waals surface area contributed by atoms with E-state index in [-0.39, 0.29) is 6.61 Å². The van der Waals surface area contributed by atoms with E-state index in [1.165, 1.54) is 25.6 Å². The van der Waals surface area contributed by atoms with Gasteiger partial charge in [-0.3, -0.25) is 9.59 Å². The van der Waals surface area contributed by atoms with Gasteiger partial charge in [-0.15, -0.1) is 0 Å². The largest absolute Gasteiger partial charge is 0.463 e. The first-order chi connectivity index (χ1) is 12.7. The molecule has 1 aromatic carbocycles. The third kappa shape index (κ3) is 5.01. The molecule has 2 aliphatic rings. The number of ether oxygens (including phenoxy) is 5. The smallest absolute Gasteiger partial charge is 0.303 e. The van der Waals surface area contributed by atoms with E-state index in [2.05, 4.69) is 0 Å². The Hall–Kier alpha value is -1.61. The monoisotopic (exact) mass is 396 g/mol. The first-order valence-electron chi connectivity index (χ1n) is 8.78. The molecule has 2 saturated heterocycles. The zero-order valence-corrected chi connectivity index (χ0v) is 16.6. The molecule has 3 rings (SSSR count). The molecule has 0 saturated carbocycles. The summed E-state index contributed by atoms with van der Waals surface area (Å²) in [6, 6.07) is 9.77. The van der Waals surface area contributed by atoms with Gasteiger partial charge in [-0.2, -0.15) is 0 Å². The molecule has 2 heterocycles. The summed E-state index contributed by atoms with van der Waals surface area (Å²) >= 11 is 1.49. The summed E-state index contributed by atoms with van der Waals surface area (Å²) in [7, 11) is 0. The highest BCUT2D eigenvalue weighted by Crippen LogP contribution is 2.43. The van der Waals surface area contributed by atoms with E-state index >= 15 is 0 Å². The Labute approximate surface area is 162 Å². The highest BCUT2D eigenvalue weighted by molar-refractivity contribution is 7.99. The third-order valence-electron chi connectivity index (χ3n) is 4.18. The number of carbonyl (C=O) groups is 2. The molecular weight excluding hydrogens is 372 g/mol. The first-order valence-corrected chi connectivity index (χ1v) is 9.66. The molecule has 0 aliphatic carbocycles. The summed E-state index contributed by atoms with van der Waals surface area (Å²) in [5.74, 6) is -1.74. The van der Waals surface area contributed by atoms with Crippen molar-refractivity contribution >= 4 is 23.7 Å². The van der Waals surface area contributed by atoms with Crippen LogP contribution >= 0.6 is 11.8 Å². The van der Waals surface area contributed by atoms with Crippen molar-refractivity contribution in [3.8, 4) is 0 Å². The second kappa shape index (κ2) is 8.18. The minimum Gasteiger partial charge on any atom is -0.463 e. The van der Waals surface area contributed by atoms with Crippen molar-refractivity contribution < 1.29 is 33.3 Å². The van der Waals surface area contributed by atoms with Gasteiger partial charge in [0.1, 0.15) is 30.4 Å². The lowest BCUT2D eigenvalue weighted by Crippen LogP contribution is -2.58. The van der Waals surface area contributed by atoms with Gasteiger partial charge in [0.2, 0.25) is 0 Å². The van der Waals surface area contributed by atoms with E-state index in [4.69, 9.17) is 23.7 Å². The molecule has 27 heavy (non-hydrogen) atoms. The molecule has 8 heteroatoms. The Bertz CT molecular complexity index is 678. The van der Waals surface area contributed by atoms with Crippen molar-refractivity contribution in [1.29, 1.82) is 0 Å². The van der Waals surface area contributed by atoms with Crippen LogP contribution in [0.3, 0.4) is 0 Å². The SMILES string of the molecule is CC(=O)OC[C@@H]1O[C@@H](Sc2ccccc2)[C@@H]2OC(C)(C)O[C@@H]2[C@@H]1OC(C)=O. The van der Waals surface area contributed by atoms with E-state index < -0.39 is 47.6 Å². The van der Waals surface area contributed by atoms with Crippen LogP contribution in [0.1, 0.15) is 27.7 Å². The molecule has 0 bridgehead atoms. The average Bonchev–Trinajstić information content (AvgIpc) is 2.92. The lowest BCUT2D eigenvalue weighted by Gasteiger charge is -2.41. The highest BCUT2D eigenvalue weighted by atomic mass is 32.2. The topological polar surface area (TPSA) is 80.3 Å². The van der Waals surface area contributed by atoms with Crippen molar-refractivity contribution in [3.63, 3.8) is 0 Å². The molecule has 148 valence electrons. The van der Waals surface area contributed by atoms with E-state index in [1.807, 2.05) is 44.2 Å². The van der Waals surface area contributed by atoms with Crippen LogP contribution in [0, 0.1) is 0 Å². The van der Waals surface area contributed by atoms with Crippen LogP contribution in [0.15, 0.2) is 35.2 Å². The fraction of sp³-hybridized carbons (Fsp3) is 0.579. The zero-order chi connectivity index (χ0) is 19.6. The number of benzene rings is 1. The van der Waals surface area contributed by atoms with E-state index in [9.17, 15) is 9.59 Å². The molecule has 0 spiro atoms. The maximum Gasteiger partial charge on any atom is 0.303 e. The summed E-state index contributed by atoms with van der Waals surface area (Å²) in [6.45, 7) is 6.22. The molecule has 0 unspecified atom stereocenters. The minimum atomic E-state index is -0.844. The molecular formula is C19H24O7S. The molecule has 0 amide bonds. The quantitative estimate of drug-likeness (QED) is 0.703. The number of esters is 2. The van der Waals surface area contributed by atoms with Crippen LogP contribution in [-0.2, 0) is 33.3 Å². The Morgan fingerprint density at radius 2 is 1.74 bits per heavy atom. The fourth-order valence-corrected chi connectivity index (χ4v) is 4.34. The Morgan fingerprint density at radius 1 is 1.07 bits per heavy atom. The number of hydrogen-bond acceptors (Lipinski definition) is 8. The molecule has 0 aromatic heterocycles. The maximum absolute atomic E-state index is 11.6. The maximum atomic E-state index is 11.6. The van der Waals surface area contributed by atoms with Crippen molar-refractivity contribution in [3.05, 3.63) is 30.3 Å². The van der Waals surface area contributed by atoms with Crippen molar-refractivity contribution in [2.45, 2.75) is 68.2 Å². The first kappa shape index (κ1) is 20.1. The third-order valence-corrected chi connectivity index (χ3v) is 5.34. The standard InChI is InChI=1S/C19H24O7S/c1-11(20)22-10-14-15(23-12(2)21)16-17(26-19(3,4)25-16)18(24-14)27-13-8-6-5-7-9-13/h5-9,14-18H,10H2,1-4H3/t14-,15+,16+,17+,18-/m0/s1. The normalized spacial score (nSPS) is 31.8. The lowest BCUT2D eigenvalue weighted by molar-refractivity contribution is -0.202. The second-order valence-corrected chi connectivity index (χ2v) is 8.09. The van der Waals surface area contributed by atoms with Gasteiger partial charge in [-0.25, -0.2) is 0 Å².